The summed E-state index contributed by atoms with van der Waals surface area (Å²) in [5, 5.41) is 5.55. The topological polar surface area (TPSA) is 110 Å². The van der Waals surface area contributed by atoms with Crippen molar-refractivity contribution in [3.63, 3.8) is 0 Å². The number of rotatable bonds is 6. The molecule has 2 amide bonds. The highest BCUT2D eigenvalue weighted by atomic mass is 19.1. The second kappa shape index (κ2) is 10.4. The summed E-state index contributed by atoms with van der Waals surface area (Å²) in [7, 11) is 1.64. The Morgan fingerprint density at radius 3 is 2.68 bits per heavy atom. The van der Waals surface area contributed by atoms with Crippen molar-refractivity contribution >= 4 is 28.7 Å². The summed E-state index contributed by atoms with van der Waals surface area (Å²) in [5.41, 5.74) is 9.26. The van der Waals surface area contributed by atoms with E-state index in [-0.39, 0.29) is 17.5 Å². The number of hydrogen-bond acceptors (Lipinski definition) is 6. The first-order valence-corrected chi connectivity index (χ1v) is 12.4. The van der Waals surface area contributed by atoms with Crippen LogP contribution in [0.4, 0.5) is 10.2 Å². The molecule has 1 atom stereocenters. The zero-order valence-corrected chi connectivity index (χ0v) is 21.0. The molecule has 0 spiro atoms. The maximum Gasteiger partial charge on any atom is 0.256 e. The van der Waals surface area contributed by atoms with Gasteiger partial charge in [0.15, 0.2) is 5.65 Å². The van der Waals surface area contributed by atoms with E-state index in [1.54, 1.807) is 24.1 Å². The Morgan fingerprint density at radius 1 is 1.18 bits per heavy atom. The lowest BCUT2D eigenvalue weighted by Gasteiger charge is -2.32. The van der Waals surface area contributed by atoms with Crippen molar-refractivity contribution in [1.29, 1.82) is 0 Å². The van der Waals surface area contributed by atoms with Crippen LogP contribution in [0.1, 0.15) is 34.8 Å². The fourth-order valence-electron chi connectivity index (χ4n) is 4.89. The Bertz CT molecular complexity index is 1520. The maximum atomic E-state index is 14.1. The van der Waals surface area contributed by atoms with Gasteiger partial charge in [-0.15, -0.1) is 0 Å². The highest BCUT2D eigenvalue weighted by molar-refractivity contribution is 5.98. The Hall–Kier alpha value is -4.60. The molecule has 1 saturated heterocycles. The number of nitrogens with zero attached hydrogens (tertiary/aromatic N) is 6. The predicted octanol–water partition coefficient (Wildman–Crippen LogP) is 3.84. The minimum atomic E-state index is -0.545. The van der Waals surface area contributed by atoms with Crippen molar-refractivity contribution in [3.05, 3.63) is 84.5 Å². The van der Waals surface area contributed by atoms with Crippen LogP contribution in [0.2, 0.25) is 0 Å². The zero-order chi connectivity index (χ0) is 26.8. The third kappa shape index (κ3) is 4.72. The lowest BCUT2D eigenvalue weighted by Crippen LogP contribution is -2.40. The van der Waals surface area contributed by atoms with Crippen LogP contribution in [0.3, 0.4) is 0 Å². The van der Waals surface area contributed by atoms with Crippen LogP contribution in [-0.2, 0) is 11.3 Å². The number of piperidine rings is 1. The summed E-state index contributed by atoms with van der Waals surface area (Å²) in [6.45, 7) is 5.10. The van der Waals surface area contributed by atoms with Gasteiger partial charge in [-0.3, -0.25) is 9.59 Å². The van der Waals surface area contributed by atoms with Gasteiger partial charge in [0.1, 0.15) is 23.7 Å². The van der Waals surface area contributed by atoms with Crippen molar-refractivity contribution in [2.45, 2.75) is 25.4 Å². The Kier molecular flexibility index (Phi) is 6.87. The van der Waals surface area contributed by atoms with Crippen LogP contribution in [0.5, 0.6) is 0 Å². The number of halogens is 1. The molecule has 1 aliphatic heterocycles. The van der Waals surface area contributed by atoms with Crippen LogP contribution >= 0.6 is 0 Å². The van der Waals surface area contributed by atoms with Gasteiger partial charge in [-0.05, 0) is 36.6 Å². The molecule has 0 saturated carbocycles. The van der Waals surface area contributed by atoms with E-state index in [4.69, 9.17) is 10.8 Å². The number of benzene rings is 2. The normalized spacial score (nSPS) is 15.4. The van der Waals surface area contributed by atoms with Crippen molar-refractivity contribution in [3.8, 4) is 11.3 Å². The molecule has 2 aromatic heterocycles. The van der Waals surface area contributed by atoms with E-state index in [1.807, 2.05) is 28.9 Å². The fourth-order valence-corrected chi connectivity index (χ4v) is 4.89. The monoisotopic (exact) mass is 513 g/mol. The Morgan fingerprint density at radius 2 is 1.95 bits per heavy atom. The number of aromatic nitrogens is 4. The molecule has 3 heterocycles. The Balaban J connectivity index is 1.42. The largest absolute Gasteiger partial charge is 0.383 e. The average Bonchev–Trinajstić information content (AvgIpc) is 3.34. The van der Waals surface area contributed by atoms with Crippen molar-refractivity contribution in [2.24, 2.45) is 0 Å². The number of carbonyl (C=O) groups excluding carboxylic acids is 2. The lowest BCUT2D eigenvalue weighted by atomic mass is 10.1. The minimum Gasteiger partial charge on any atom is -0.383 e. The molecule has 0 radical (unpaired) electrons. The summed E-state index contributed by atoms with van der Waals surface area (Å²) < 4.78 is 15.9. The second-order valence-corrected chi connectivity index (χ2v) is 9.37. The molecule has 2 N–H and O–H groups in total. The summed E-state index contributed by atoms with van der Waals surface area (Å²) >= 11 is 0. The van der Waals surface area contributed by atoms with Gasteiger partial charge < -0.3 is 15.5 Å². The first-order valence-electron chi connectivity index (χ1n) is 12.4. The molecule has 1 unspecified atom stereocenters. The smallest absolute Gasteiger partial charge is 0.256 e. The Labute approximate surface area is 219 Å². The summed E-state index contributed by atoms with van der Waals surface area (Å²) in [6.07, 6.45) is 4.44. The van der Waals surface area contributed by atoms with Gasteiger partial charge in [-0.1, -0.05) is 43.0 Å². The van der Waals surface area contributed by atoms with Gasteiger partial charge in [-0.25, -0.2) is 19.0 Å². The number of amides is 2. The maximum absolute atomic E-state index is 14.1. The van der Waals surface area contributed by atoms with Crippen LogP contribution < -0.4 is 5.73 Å². The minimum absolute atomic E-state index is 0.0372. The van der Waals surface area contributed by atoms with E-state index in [0.29, 0.717) is 42.2 Å². The van der Waals surface area contributed by atoms with E-state index in [2.05, 4.69) is 16.5 Å². The van der Waals surface area contributed by atoms with Gasteiger partial charge >= 0.3 is 0 Å². The summed E-state index contributed by atoms with van der Waals surface area (Å²) in [6, 6.07) is 13.5. The second-order valence-electron chi connectivity index (χ2n) is 9.37. The van der Waals surface area contributed by atoms with Gasteiger partial charge in [0, 0.05) is 32.2 Å². The van der Waals surface area contributed by atoms with Gasteiger partial charge in [0.2, 0.25) is 5.91 Å². The van der Waals surface area contributed by atoms with Gasteiger partial charge in [-0.2, -0.15) is 5.10 Å². The molecule has 4 aromatic rings. The van der Waals surface area contributed by atoms with E-state index < -0.39 is 11.7 Å². The standard InChI is InChI=1S/C28H28FN7O2/c1-3-23(37)35-14-6-7-20(16-35)36-27-24(26(30)31-17-32-27)25(33-36)19-12-10-18(11-13-19)15-34(2)28(38)21-8-4-5-9-22(21)29/h3-5,8-13,17,20H,1,6-7,14-16H2,2H3,(H2,30,31,32). The molecule has 0 bridgehead atoms. The molecule has 38 heavy (non-hydrogen) atoms. The third-order valence-corrected chi connectivity index (χ3v) is 6.84. The number of nitrogens with two attached hydrogens (primary N) is 1. The number of likely N-dealkylation sites (tertiary alicyclic amines) is 1. The lowest BCUT2D eigenvalue weighted by molar-refractivity contribution is -0.127. The number of hydrogen-bond donors (Lipinski definition) is 1. The van der Waals surface area contributed by atoms with E-state index in [9.17, 15) is 14.0 Å². The van der Waals surface area contributed by atoms with Gasteiger partial charge in [0.05, 0.1) is 17.0 Å². The van der Waals surface area contributed by atoms with Crippen molar-refractivity contribution < 1.29 is 14.0 Å². The van der Waals surface area contributed by atoms with E-state index in [1.165, 1.54) is 29.4 Å². The quantitative estimate of drug-likeness (QED) is 0.393. The number of nitrogen functional groups attached to an aromatic ring is 1. The van der Waals surface area contributed by atoms with Crippen LogP contribution in [0.15, 0.2) is 67.5 Å². The first-order chi connectivity index (χ1) is 18.4. The summed E-state index contributed by atoms with van der Waals surface area (Å²) in [5.74, 6) is -0.713. The highest BCUT2D eigenvalue weighted by Gasteiger charge is 2.28. The fraction of sp³-hybridized carbons (Fsp3) is 0.250. The molecule has 1 fully saturated rings. The third-order valence-electron chi connectivity index (χ3n) is 6.84. The molecule has 5 rings (SSSR count). The van der Waals surface area contributed by atoms with Gasteiger partial charge in [0.25, 0.3) is 5.91 Å². The zero-order valence-electron chi connectivity index (χ0n) is 21.0. The molecule has 9 nitrogen and oxygen atoms in total. The molecular weight excluding hydrogens is 485 g/mol. The highest BCUT2D eigenvalue weighted by Crippen LogP contribution is 2.34. The first kappa shape index (κ1) is 25.1. The van der Waals surface area contributed by atoms with Crippen molar-refractivity contribution in [2.75, 3.05) is 25.9 Å². The molecular formula is C28H28FN7O2. The van der Waals surface area contributed by atoms with E-state index in [0.717, 1.165) is 24.0 Å². The molecule has 2 aromatic carbocycles. The molecule has 0 aliphatic carbocycles. The van der Waals surface area contributed by atoms with Crippen LogP contribution in [0, 0.1) is 5.82 Å². The van der Waals surface area contributed by atoms with Crippen LogP contribution in [-0.4, -0.2) is 61.5 Å². The van der Waals surface area contributed by atoms with Crippen LogP contribution in [0.25, 0.3) is 22.3 Å². The number of anilines is 1. The number of fused-ring (bicyclic) bond motifs is 1. The molecule has 1 aliphatic rings. The molecule has 194 valence electrons. The SMILES string of the molecule is C=CC(=O)N1CCCC(n2nc(-c3ccc(CN(C)C(=O)c4ccccc4F)cc3)c3c(N)ncnc32)C1. The number of carbonyl (C=O) groups is 2. The van der Waals surface area contributed by atoms with E-state index >= 15 is 0 Å². The van der Waals surface area contributed by atoms with Crippen molar-refractivity contribution in [1.82, 2.24) is 29.5 Å². The predicted molar refractivity (Wildman–Crippen MR) is 142 cm³/mol. The average molecular weight is 514 g/mol. The summed E-state index contributed by atoms with van der Waals surface area (Å²) in [4.78, 5) is 36.8. The molecule has 10 heteroatoms.